The standard InChI is InChI=1S/C21H36N5O3/c1-4-5-6-7-8-9-10-11-26-17(16-25-12-14-29-15-13-25)22-19-18(26)20(27)24(3)21(28)23(19)2/h18H,4-16H2,1-3H3/q+1. The normalized spacial score (nSPS) is 23.1. The van der Waals surface area contributed by atoms with Crippen LogP contribution in [0.3, 0.4) is 0 Å². The minimum absolute atomic E-state index is 0.174. The smallest absolute Gasteiger partial charge is 0.333 e. The molecule has 0 aliphatic carbocycles. The van der Waals surface area contributed by atoms with E-state index in [1.54, 1.807) is 14.1 Å². The molecule has 3 aliphatic heterocycles. The van der Waals surface area contributed by atoms with E-state index in [1.807, 2.05) is 0 Å². The lowest BCUT2D eigenvalue weighted by Crippen LogP contribution is -2.61. The van der Waals surface area contributed by atoms with Gasteiger partial charge in [0.15, 0.2) is 0 Å². The molecule has 0 bridgehead atoms. The van der Waals surface area contributed by atoms with Crippen LogP contribution in [-0.4, -0.2) is 102 Å². The average Bonchev–Trinajstić information content (AvgIpc) is 3.09. The second-order valence-electron chi connectivity index (χ2n) is 8.23. The van der Waals surface area contributed by atoms with Crippen molar-refractivity contribution < 1.29 is 18.9 Å². The van der Waals surface area contributed by atoms with Gasteiger partial charge in [0, 0.05) is 27.2 Å². The number of nitrogens with zero attached hydrogens (tertiary/aromatic N) is 5. The van der Waals surface area contributed by atoms with E-state index in [9.17, 15) is 9.59 Å². The van der Waals surface area contributed by atoms with Gasteiger partial charge >= 0.3 is 11.9 Å². The third-order valence-electron chi connectivity index (χ3n) is 6.08. The lowest BCUT2D eigenvalue weighted by Gasteiger charge is -2.30. The number of amides is 3. The Balaban J connectivity index is 1.69. The number of likely N-dealkylation sites (N-methyl/N-ethyl adjacent to an activating group) is 2. The summed E-state index contributed by atoms with van der Waals surface area (Å²) in [5, 5.41) is 0. The molecule has 8 nitrogen and oxygen atoms in total. The highest BCUT2D eigenvalue weighted by atomic mass is 16.5. The minimum atomic E-state index is -0.473. The second kappa shape index (κ2) is 10.3. The highest BCUT2D eigenvalue weighted by Crippen LogP contribution is 2.20. The molecule has 0 spiro atoms. The minimum Gasteiger partial charge on any atom is -0.379 e. The monoisotopic (exact) mass is 406 g/mol. The quantitative estimate of drug-likeness (QED) is 0.410. The molecule has 29 heavy (non-hydrogen) atoms. The molecule has 0 saturated carbocycles. The van der Waals surface area contributed by atoms with E-state index in [2.05, 4.69) is 16.4 Å². The molecule has 1 unspecified atom stereocenters. The summed E-state index contributed by atoms with van der Waals surface area (Å²) in [6.07, 6.45) is 8.58. The van der Waals surface area contributed by atoms with Gasteiger partial charge < -0.3 is 4.74 Å². The van der Waals surface area contributed by atoms with Crippen molar-refractivity contribution in [3.63, 3.8) is 0 Å². The summed E-state index contributed by atoms with van der Waals surface area (Å²) in [4.78, 5) is 35.1. The first-order valence-electron chi connectivity index (χ1n) is 11.1. The van der Waals surface area contributed by atoms with Gasteiger partial charge in [-0.2, -0.15) is 0 Å². The zero-order valence-electron chi connectivity index (χ0n) is 18.2. The van der Waals surface area contributed by atoms with Crippen molar-refractivity contribution in [3.05, 3.63) is 0 Å². The van der Waals surface area contributed by atoms with Crippen LogP contribution in [0.5, 0.6) is 0 Å². The van der Waals surface area contributed by atoms with Crippen molar-refractivity contribution in [3.8, 4) is 0 Å². The fourth-order valence-electron chi connectivity index (χ4n) is 4.23. The molecular formula is C21H36N5O3+. The average molecular weight is 407 g/mol. The van der Waals surface area contributed by atoms with Crippen LogP contribution in [0, 0.1) is 0 Å². The molecule has 0 aromatic carbocycles. The molecule has 1 atom stereocenters. The van der Waals surface area contributed by atoms with Crippen LogP contribution in [0.4, 0.5) is 4.79 Å². The molecule has 0 aromatic heterocycles. The van der Waals surface area contributed by atoms with Crippen LogP contribution < -0.4 is 0 Å². The van der Waals surface area contributed by atoms with Crippen LogP contribution in [0.2, 0.25) is 0 Å². The number of rotatable bonds is 10. The Kier molecular flexibility index (Phi) is 7.77. The van der Waals surface area contributed by atoms with Crippen molar-refractivity contribution in [2.45, 2.75) is 57.9 Å². The summed E-state index contributed by atoms with van der Waals surface area (Å²) in [5.41, 5.74) is 0. The maximum Gasteiger partial charge on any atom is 0.333 e. The van der Waals surface area contributed by atoms with Crippen LogP contribution in [0.25, 0.3) is 0 Å². The van der Waals surface area contributed by atoms with Crippen LogP contribution in [-0.2, 0) is 9.53 Å². The van der Waals surface area contributed by atoms with E-state index in [0.717, 1.165) is 51.5 Å². The predicted molar refractivity (Wildman–Crippen MR) is 113 cm³/mol. The van der Waals surface area contributed by atoms with Gasteiger partial charge in [-0.05, 0) is 17.8 Å². The molecule has 2 fully saturated rings. The molecule has 0 N–H and O–H groups in total. The van der Waals surface area contributed by atoms with Gasteiger partial charge in [0.1, 0.15) is 6.54 Å². The first-order valence-corrected chi connectivity index (χ1v) is 11.1. The number of hydrogen-bond acceptors (Lipinski definition) is 5. The Bertz CT molecular complexity index is 669. The van der Waals surface area contributed by atoms with Crippen molar-refractivity contribution in [2.75, 3.05) is 53.5 Å². The third-order valence-corrected chi connectivity index (χ3v) is 6.08. The highest BCUT2D eigenvalue weighted by Gasteiger charge is 2.52. The number of ether oxygens (including phenoxy) is 1. The zero-order chi connectivity index (χ0) is 20.8. The number of unbranched alkanes of at least 4 members (excludes halogenated alkanes) is 6. The van der Waals surface area contributed by atoms with Gasteiger partial charge in [-0.1, -0.05) is 39.0 Å². The number of hydrogen-bond donors (Lipinski definition) is 0. The number of aliphatic imine (C=N–C) groups is 1. The number of imide groups is 1. The van der Waals surface area contributed by atoms with Gasteiger partial charge in [-0.3, -0.25) is 19.5 Å². The van der Waals surface area contributed by atoms with Crippen molar-refractivity contribution in [1.82, 2.24) is 14.7 Å². The van der Waals surface area contributed by atoms with E-state index < -0.39 is 6.04 Å². The molecule has 0 aromatic rings. The number of amidine groups is 2. The Morgan fingerprint density at radius 2 is 1.66 bits per heavy atom. The van der Waals surface area contributed by atoms with E-state index in [0.29, 0.717) is 12.4 Å². The SMILES string of the molecule is CCCCCCCCC[N+]1=C(CN2CCOCC2)N=C2C1C(=O)N(C)C(=O)N2C. The second-order valence-corrected chi connectivity index (χ2v) is 8.23. The lowest BCUT2D eigenvalue weighted by atomic mass is 10.1. The maximum absolute atomic E-state index is 12.9. The van der Waals surface area contributed by atoms with Crippen LogP contribution in [0.1, 0.15) is 51.9 Å². The number of morpholine rings is 1. The summed E-state index contributed by atoms with van der Waals surface area (Å²) >= 11 is 0. The molecule has 3 rings (SSSR count). The first kappa shape index (κ1) is 21.9. The summed E-state index contributed by atoms with van der Waals surface area (Å²) in [6, 6.07) is -0.785. The molecule has 2 saturated heterocycles. The zero-order valence-corrected chi connectivity index (χ0v) is 18.2. The fraction of sp³-hybridized carbons (Fsp3) is 0.810. The Labute approximate surface area is 174 Å². The Hall–Kier alpha value is -1.80. The van der Waals surface area contributed by atoms with Gasteiger partial charge in [0.25, 0.3) is 17.8 Å². The van der Waals surface area contributed by atoms with Crippen LogP contribution in [0.15, 0.2) is 4.99 Å². The van der Waals surface area contributed by atoms with Crippen molar-refractivity contribution in [1.29, 1.82) is 0 Å². The van der Waals surface area contributed by atoms with Crippen LogP contribution >= 0.6 is 0 Å². The molecule has 8 heteroatoms. The molecule has 3 heterocycles. The third kappa shape index (κ3) is 5.04. The summed E-state index contributed by atoms with van der Waals surface area (Å²) in [5.74, 6) is 1.30. The predicted octanol–water partition coefficient (Wildman–Crippen LogP) is 1.78. The highest BCUT2D eigenvalue weighted by molar-refractivity contribution is 6.23. The molecular weight excluding hydrogens is 370 g/mol. The van der Waals surface area contributed by atoms with Gasteiger partial charge in [0.2, 0.25) is 0 Å². The fourth-order valence-corrected chi connectivity index (χ4v) is 4.23. The van der Waals surface area contributed by atoms with Gasteiger partial charge in [-0.25, -0.2) is 9.37 Å². The summed E-state index contributed by atoms with van der Waals surface area (Å²) in [7, 11) is 3.27. The maximum atomic E-state index is 12.9. The van der Waals surface area contributed by atoms with Crippen molar-refractivity contribution in [2.24, 2.45) is 4.99 Å². The lowest BCUT2D eigenvalue weighted by molar-refractivity contribution is -0.537. The number of urea groups is 1. The van der Waals surface area contributed by atoms with Gasteiger partial charge in [0.05, 0.1) is 19.8 Å². The number of fused-ring (bicyclic) bond motifs is 1. The van der Waals surface area contributed by atoms with Crippen molar-refractivity contribution >= 4 is 23.6 Å². The van der Waals surface area contributed by atoms with E-state index in [4.69, 9.17) is 9.73 Å². The van der Waals surface area contributed by atoms with E-state index in [-0.39, 0.29) is 11.9 Å². The number of carbonyl (C=O) groups is 2. The number of carbonyl (C=O) groups excluding carboxylic acids is 2. The van der Waals surface area contributed by atoms with Gasteiger partial charge in [-0.15, -0.1) is 0 Å². The summed E-state index contributed by atoms with van der Waals surface area (Å²) in [6.45, 7) is 6.92. The molecule has 0 radical (unpaired) electrons. The van der Waals surface area contributed by atoms with E-state index >= 15 is 0 Å². The molecule has 162 valence electrons. The topological polar surface area (TPSA) is 68.5 Å². The molecule has 3 aliphatic rings. The Morgan fingerprint density at radius 3 is 2.34 bits per heavy atom. The Morgan fingerprint density at radius 1 is 1.00 bits per heavy atom. The molecule has 3 amide bonds. The largest absolute Gasteiger partial charge is 0.379 e. The van der Waals surface area contributed by atoms with E-state index in [1.165, 1.54) is 41.9 Å². The summed E-state index contributed by atoms with van der Waals surface area (Å²) < 4.78 is 7.59. The first-order chi connectivity index (χ1) is 14.0.